The molecule has 0 unspecified atom stereocenters. The van der Waals surface area contributed by atoms with Gasteiger partial charge in [-0.1, -0.05) is 17.7 Å². The first kappa shape index (κ1) is 17.9. The quantitative estimate of drug-likeness (QED) is 0.898. The van der Waals surface area contributed by atoms with Crippen LogP contribution in [-0.4, -0.2) is 52.9 Å². The van der Waals surface area contributed by atoms with Crippen LogP contribution < -0.4 is 5.32 Å². The van der Waals surface area contributed by atoms with Crippen molar-refractivity contribution in [3.63, 3.8) is 0 Å². The Kier molecular flexibility index (Phi) is 4.80. The third kappa shape index (κ3) is 3.94. The van der Waals surface area contributed by atoms with E-state index in [1.807, 2.05) is 36.1 Å². The molecule has 1 aromatic heterocycles. The summed E-state index contributed by atoms with van der Waals surface area (Å²) in [5.41, 5.74) is 2.52. The van der Waals surface area contributed by atoms with Crippen molar-refractivity contribution in [3.05, 3.63) is 47.4 Å². The zero-order valence-corrected chi connectivity index (χ0v) is 15.7. The molecule has 1 N–H and O–H groups in total. The summed E-state index contributed by atoms with van der Waals surface area (Å²) >= 11 is 0. The fraction of sp³-hybridized carbons (Fsp3) is 0.450. The van der Waals surface area contributed by atoms with E-state index in [2.05, 4.69) is 15.3 Å². The molecule has 0 aliphatic carbocycles. The highest BCUT2D eigenvalue weighted by atomic mass is 16.7. The Morgan fingerprint density at radius 2 is 1.74 bits per heavy atom. The topological polar surface area (TPSA) is 76.6 Å². The molecular weight excluding hydrogens is 344 g/mol. The van der Waals surface area contributed by atoms with Crippen LogP contribution >= 0.6 is 0 Å². The number of carbonyl (C=O) groups is 1. The van der Waals surface area contributed by atoms with Crippen LogP contribution in [0.4, 0.5) is 11.5 Å². The second kappa shape index (κ2) is 7.25. The van der Waals surface area contributed by atoms with Crippen molar-refractivity contribution in [2.45, 2.75) is 32.5 Å². The Balaban J connectivity index is 1.47. The van der Waals surface area contributed by atoms with E-state index < -0.39 is 5.79 Å². The minimum Gasteiger partial charge on any atom is -0.347 e. The average molecular weight is 368 g/mol. The van der Waals surface area contributed by atoms with E-state index >= 15 is 0 Å². The summed E-state index contributed by atoms with van der Waals surface area (Å²) in [4.78, 5) is 23.5. The summed E-state index contributed by atoms with van der Waals surface area (Å²) in [6.45, 7) is 6.30. The van der Waals surface area contributed by atoms with Gasteiger partial charge in [-0.15, -0.1) is 0 Å². The molecule has 1 amide bonds. The van der Waals surface area contributed by atoms with E-state index in [9.17, 15) is 4.79 Å². The number of hydrogen-bond donors (Lipinski definition) is 1. The molecule has 2 aromatic rings. The molecule has 1 aromatic carbocycles. The summed E-state index contributed by atoms with van der Waals surface area (Å²) in [7, 11) is 0. The average Bonchev–Trinajstić information content (AvgIpc) is 3.11. The van der Waals surface area contributed by atoms with Gasteiger partial charge in [-0.3, -0.25) is 4.79 Å². The summed E-state index contributed by atoms with van der Waals surface area (Å²) in [6, 6.07) is 9.74. The molecule has 142 valence electrons. The van der Waals surface area contributed by atoms with E-state index in [1.165, 1.54) is 5.56 Å². The monoisotopic (exact) mass is 368 g/mol. The summed E-state index contributed by atoms with van der Waals surface area (Å²) < 4.78 is 11.5. The Bertz CT molecular complexity index is 822. The molecule has 2 fully saturated rings. The highest BCUT2D eigenvalue weighted by Gasteiger charge is 2.41. The number of amides is 1. The Morgan fingerprint density at radius 3 is 2.41 bits per heavy atom. The van der Waals surface area contributed by atoms with Gasteiger partial charge in [-0.05, 0) is 26.0 Å². The smallest absolute Gasteiger partial charge is 0.272 e. The Morgan fingerprint density at radius 1 is 1.07 bits per heavy atom. The lowest BCUT2D eigenvalue weighted by molar-refractivity contribution is -0.181. The van der Waals surface area contributed by atoms with E-state index in [4.69, 9.17) is 9.47 Å². The lowest BCUT2D eigenvalue weighted by Gasteiger charge is -2.37. The first-order valence-corrected chi connectivity index (χ1v) is 9.30. The van der Waals surface area contributed by atoms with Gasteiger partial charge in [-0.2, -0.15) is 0 Å². The van der Waals surface area contributed by atoms with E-state index in [0.717, 1.165) is 5.69 Å². The van der Waals surface area contributed by atoms with Gasteiger partial charge in [-0.25, -0.2) is 9.97 Å². The third-order valence-electron chi connectivity index (χ3n) is 5.01. The molecule has 0 atom stereocenters. The van der Waals surface area contributed by atoms with Gasteiger partial charge in [0.25, 0.3) is 5.91 Å². The van der Waals surface area contributed by atoms with E-state index in [1.54, 1.807) is 13.0 Å². The first-order chi connectivity index (χ1) is 13.0. The zero-order valence-electron chi connectivity index (χ0n) is 15.7. The Hall–Kier alpha value is -2.51. The minimum absolute atomic E-state index is 0.0831. The van der Waals surface area contributed by atoms with Crippen LogP contribution in [0.5, 0.6) is 0 Å². The molecule has 2 aliphatic heterocycles. The van der Waals surface area contributed by atoms with Crippen molar-refractivity contribution >= 4 is 17.4 Å². The normalized spacial score (nSPS) is 18.7. The standard InChI is InChI=1S/C20H24N4O3/c1-14-3-5-16(6-4-14)23-18-13-17(21-15(2)22-18)19(25)24-9-7-20(8-10-24)26-11-12-27-20/h3-6,13H,7-12H2,1-2H3,(H,21,22,23). The predicted octanol–water partition coefficient (Wildman–Crippen LogP) is 2.82. The molecule has 2 saturated heterocycles. The largest absolute Gasteiger partial charge is 0.347 e. The predicted molar refractivity (Wildman–Crippen MR) is 101 cm³/mol. The number of carbonyl (C=O) groups excluding carboxylic acids is 1. The van der Waals surface area contributed by atoms with Gasteiger partial charge in [0, 0.05) is 37.7 Å². The number of benzene rings is 1. The number of rotatable bonds is 3. The van der Waals surface area contributed by atoms with Crippen LogP contribution in [0.1, 0.15) is 34.7 Å². The molecule has 3 heterocycles. The molecule has 7 nitrogen and oxygen atoms in total. The molecule has 0 saturated carbocycles. The van der Waals surface area contributed by atoms with Gasteiger partial charge in [0.05, 0.1) is 13.2 Å². The highest BCUT2D eigenvalue weighted by molar-refractivity contribution is 5.93. The van der Waals surface area contributed by atoms with Crippen LogP contribution in [0.15, 0.2) is 30.3 Å². The lowest BCUT2D eigenvalue weighted by Crippen LogP contribution is -2.47. The lowest BCUT2D eigenvalue weighted by atomic mass is 10.0. The maximum atomic E-state index is 12.9. The number of nitrogens with zero attached hydrogens (tertiary/aromatic N) is 3. The fourth-order valence-corrected chi connectivity index (χ4v) is 3.52. The molecule has 2 aliphatic rings. The maximum absolute atomic E-state index is 12.9. The summed E-state index contributed by atoms with van der Waals surface area (Å²) in [6.07, 6.45) is 1.38. The second-order valence-corrected chi connectivity index (χ2v) is 7.08. The Labute approximate surface area is 158 Å². The van der Waals surface area contributed by atoms with Crippen LogP contribution in [0.25, 0.3) is 0 Å². The summed E-state index contributed by atoms with van der Waals surface area (Å²) in [5.74, 6) is 0.605. The number of hydrogen-bond acceptors (Lipinski definition) is 6. The summed E-state index contributed by atoms with van der Waals surface area (Å²) in [5, 5.41) is 3.25. The first-order valence-electron chi connectivity index (χ1n) is 9.30. The molecule has 27 heavy (non-hydrogen) atoms. The molecule has 0 bridgehead atoms. The van der Waals surface area contributed by atoms with Gasteiger partial charge >= 0.3 is 0 Å². The van der Waals surface area contributed by atoms with Crippen LogP contribution in [0, 0.1) is 13.8 Å². The van der Waals surface area contributed by atoms with Crippen molar-refractivity contribution in [2.24, 2.45) is 0 Å². The number of aryl methyl sites for hydroxylation is 2. The molecular formula is C20H24N4O3. The van der Waals surface area contributed by atoms with Crippen molar-refractivity contribution in [1.29, 1.82) is 0 Å². The van der Waals surface area contributed by atoms with Crippen LogP contribution in [0.3, 0.4) is 0 Å². The number of aromatic nitrogens is 2. The van der Waals surface area contributed by atoms with Gasteiger partial charge < -0.3 is 19.7 Å². The number of nitrogens with one attached hydrogen (secondary N) is 1. The van der Waals surface area contributed by atoms with E-state index in [0.29, 0.717) is 56.5 Å². The number of piperidine rings is 1. The van der Waals surface area contributed by atoms with Crippen LogP contribution in [-0.2, 0) is 9.47 Å². The van der Waals surface area contributed by atoms with Gasteiger partial charge in [0.1, 0.15) is 17.3 Å². The SMILES string of the molecule is Cc1ccc(Nc2cc(C(=O)N3CCC4(CC3)OCCO4)nc(C)n2)cc1. The van der Waals surface area contributed by atoms with Crippen molar-refractivity contribution < 1.29 is 14.3 Å². The second-order valence-electron chi connectivity index (χ2n) is 7.08. The molecule has 7 heteroatoms. The van der Waals surface area contributed by atoms with Crippen molar-refractivity contribution in [2.75, 3.05) is 31.6 Å². The fourth-order valence-electron chi connectivity index (χ4n) is 3.52. The molecule has 0 radical (unpaired) electrons. The van der Waals surface area contributed by atoms with Crippen LogP contribution in [0.2, 0.25) is 0 Å². The highest BCUT2D eigenvalue weighted by Crippen LogP contribution is 2.31. The minimum atomic E-state index is -0.490. The van der Waals surface area contributed by atoms with E-state index in [-0.39, 0.29) is 5.91 Å². The number of likely N-dealkylation sites (tertiary alicyclic amines) is 1. The molecule has 1 spiro atoms. The van der Waals surface area contributed by atoms with Gasteiger partial charge in [0.15, 0.2) is 5.79 Å². The third-order valence-corrected chi connectivity index (χ3v) is 5.01. The van der Waals surface area contributed by atoms with Crippen molar-refractivity contribution in [3.8, 4) is 0 Å². The van der Waals surface area contributed by atoms with Gasteiger partial charge in [0.2, 0.25) is 0 Å². The molecule has 4 rings (SSSR count). The number of anilines is 2. The maximum Gasteiger partial charge on any atom is 0.272 e. The number of ether oxygens (including phenoxy) is 2. The zero-order chi connectivity index (χ0) is 18.9. The van der Waals surface area contributed by atoms with Crippen molar-refractivity contribution in [1.82, 2.24) is 14.9 Å².